The van der Waals surface area contributed by atoms with Gasteiger partial charge in [-0.25, -0.2) is 0 Å². The van der Waals surface area contributed by atoms with Crippen LogP contribution in [0.2, 0.25) is 0 Å². The lowest BCUT2D eigenvalue weighted by atomic mass is 9.82. The van der Waals surface area contributed by atoms with E-state index < -0.39 is 5.41 Å². The minimum atomic E-state index is -0.473. The van der Waals surface area contributed by atoms with Gasteiger partial charge >= 0.3 is 0 Å². The van der Waals surface area contributed by atoms with E-state index in [9.17, 15) is 14.7 Å². The highest BCUT2D eigenvalue weighted by Gasteiger charge is 2.23. The maximum atomic E-state index is 10.9. The summed E-state index contributed by atoms with van der Waals surface area (Å²) >= 11 is 4.05. The van der Waals surface area contributed by atoms with Crippen LogP contribution in [0.4, 0.5) is 0 Å². The number of phenols is 1. The van der Waals surface area contributed by atoms with Crippen LogP contribution in [0.5, 0.6) is 5.75 Å². The first kappa shape index (κ1) is 18.0. The molecule has 22 heavy (non-hydrogen) atoms. The van der Waals surface area contributed by atoms with Crippen LogP contribution in [0.25, 0.3) is 0 Å². The number of aldehydes is 2. The normalized spacial score (nSPS) is 12.5. The molecule has 1 N–H and O–H groups in total. The molecule has 2 aromatic rings. The van der Waals surface area contributed by atoms with E-state index in [4.69, 9.17) is 0 Å². The van der Waals surface area contributed by atoms with Gasteiger partial charge in [-0.3, -0.25) is 4.79 Å². The Labute approximate surface area is 136 Å². The Morgan fingerprint density at radius 3 is 2.23 bits per heavy atom. The summed E-state index contributed by atoms with van der Waals surface area (Å²) in [6.07, 6.45) is 2.48. The van der Waals surface area contributed by atoms with Crippen LogP contribution >= 0.6 is 12.6 Å². The predicted octanol–water partition coefficient (Wildman–Crippen LogP) is 4.05. The third-order valence-corrected chi connectivity index (χ3v) is 3.83. The summed E-state index contributed by atoms with van der Waals surface area (Å²) < 4.78 is 0. The molecule has 116 valence electrons. The molecule has 4 heteroatoms. The van der Waals surface area contributed by atoms with E-state index in [-0.39, 0.29) is 5.75 Å². The molecule has 0 aliphatic rings. The molecule has 0 bridgehead atoms. The second-order valence-corrected chi connectivity index (χ2v) is 5.66. The summed E-state index contributed by atoms with van der Waals surface area (Å²) in [7, 11) is 0. The number of phenolic OH excluding ortho intramolecular Hbond substituents is 1. The molecular formula is C18H20O3S. The molecule has 2 aromatic carbocycles. The van der Waals surface area contributed by atoms with Gasteiger partial charge in [-0.15, -0.1) is 12.6 Å². The van der Waals surface area contributed by atoms with Crippen LogP contribution in [-0.4, -0.2) is 17.7 Å². The standard InChI is InChI=1S/C11H14O2.C7H6OS/c1-3-11(2,8-12)9-5-4-6-10(13)7-9;8-5-6-1-3-7(9)4-2-6/h4-8,13H,3H2,1-2H3;1-5,9H. The average Bonchev–Trinajstić information content (AvgIpc) is 2.55. The number of hydrogen-bond acceptors (Lipinski definition) is 4. The zero-order chi connectivity index (χ0) is 16.6. The lowest BCUT2D eigenvalue weighted by molar-refractivity contribution is -0.112. The van der Waals surface area contributed by atoms with Gasteiger partial charge in [0.25, 0.3) is 0 Å². The van der Waals surface area contributed by atoms with Crippen molar-refractivity contribution in [3.8, 4) is 5.75 Å². The average molecular weight is 316 g/mol. The summed E-state index contributed by atoms with van der Waals surface area (Å²) in [5.74, 6) is 0.207. The quantitative estimate of drug-likeness (QED) is 0.661. The Morgan fingerprint density at radius 2 is 1.77 bits per heavy atom. The van der Waals surface area contributed by atoms with Crippen molar-refractivity contribution >= 4 is 25.2 Å². The van der Waals surface area contributed by atoms with Crippen molar-refractivity contribution in [2.24, 2.45) is 0 Å². The topological polar surface area (TPSA) is 54.4 Å². The SMILES string of the molecule is CCC(C)(C=O)c1cccc(O)c1.O=Cc1ccc(S)cc1. The van der Waals surface area contributed by atoms with Gasteiger partial charge in [0.15, 0.2) is 0 Å². The smallest absolute Gasteiger partial charge is 0.150 e. The molecule has 0 aliphatic carbocycles. The first-order chi connectivity index (χ1) is 10.4. The maximum Gasteiger partial charge on any atom is 0.150 e. The van der Waals surface area contributed by atoms with Crippen molar-refractivity contribution < 1.29 is 14.7 Å². The van der Waals surface area contributed by atoms with Crippen LogP contribution in [0, 0.1) is 0 Å². The lowest BCUT2D eigenvalue weighted by Gasteiger charge is -2.21. The molecule has 0 amide bonds. The molecule has 0 aliphatic heterocycles. The Morgan fingerprint density at radius 1 is 1.14 bits per heavy atom. The van der Waals surface area contributed by atoms with Gasteiger partial charge in [-0.1, -0.05) is 31.2 Å². The van der Waals surface area contributed by atoms with Gasteiger partial charge in [0.05, 0.1) is 0 Å². The first-order valence-corrected chi connectivity index (χ1v) is 7.40. The molecule has 0 spiro atoms. The van der Waals surface area contributed by atoms with E-state index >= 15 is 0 Å². The van der Waals surface area contributed by atoms with E-state index in [1.54, 1.807) is 42.5 Å². The fourth-order valence-corrected chi connectivity index (χ4v) is 1.92. The van der Waals surface area contributed by atoms with Crippen LogP contribution in [0.15, 0.2) is 53.4 Å². The number of benzene rings is 2. The zero-order valence-corrected chi connectivity index (χ0v) is 13.6. The summed E-state index contributed by atoms with van der Waals surface area (Å²) in [4.78, 5) is 21.9. The minimum Gasteiger partial charge on any atom is -0.508 e. The van der Waals surface area contributed by atoms with Gasteiger partial charge < -0.3 is 9.90 Å². The molecule has 0 heterocycles. The predicted molar refractivity (Wildman–Crippen MR) is 90.9 cm³/mol. The van der Waals surface area contributed by atoms with Crippen molar-refractivity contribution in [1.29, 1.82) is 0 Å². The highest BCUT2D eigenvalue weighted by molar-refractivity contribution is 7.80. The fourth-order valence-electron chi connectivity index (χ4n) is 1.77. The Kier molecular flexibility index (Phi) is 6.86. The van der Waals surface area contributed by atoms with Crippen LogP contribution in [-0.2, 0) is 10.2 Å². The molecule has 0 saturated carbocycles. The summed E-state index contributed by atoms with van der Waals surface area (Å²) in [6.45, 7) is 3.83. The molecular weight excluding hydrogens is 296 g/mol. The second kappa shape index (κ2) is 8.39. The highest BCUT2D eigenvalue weighted by atomic mass is 32.1. The highest BCUT2D eigenvalue weighted by Crippen LogP contribution is 2.27. The van der Waals surface area contributed by atoms with Crippen LogP contribution in [0.1, 0.15) is 36.2 Å². The number of carbonyl (C=O) groups excluding carboxylic acids is 2. The third-order valence-electron chi connectivity index (χ3n) is 3.53. The molecule has 1 unspecified atom stereocenters. The summed E-state index contributed by atoms with van der Waals surface area (Å²) in [5.41, 5.74) is 1.08. The Bertz CT molecular complexity index is 622. The van der Waals surface area contributed by atoms with Crippen molar-refractivity contribution in [2.45, 2.75) is 30.6 Å². The van der Waals surface area contributed by atoms with E-state index in [0.717, 1.165) is 29.5 Å². The minimum absolute atomic E-state index is 0.207. The fraction of sp³-hybridized carbons (Fsp3) is 0.222. The van der Waals surface area contributed by atoms with E-state index in [1.807, 2.05) is 19.9 Å². The Hall–Kier alpha value is -2.07. The van der Waals surface area contributed by atoms with Gasteiger partial charge in [0.2, 0.25) is 0 Å². The Balaban J connectivity index is 0.000000235. The van der Waals surface area contributed by atoms with E-state index in [2.05, 4.69) is 12.6 Å². The number of thiol groups is 1. The number of aromatic hydroxyl groups is 1. The van der Waals surface area contributed by atoms with Crippen molar-refractivity contribution in [3.05, 3.63) is 59.7 Å². The summed E-state index contributed by atoms with van der Waals surface area (Å²) in [6, 6.07) is 13.9. The first-order valence-electron chi connectivity index (χ1n) is 6.95. The van der Waals surface area contributed by atoms with Crippen molar-refractivity contribution in [1.82, 2.24) is 0 Å². The van der Waals surface area contributed by atoms with Crippen molar-refractivity contribution in [2.75, 3.05) is 0 Å². The summed E-state index contributed by atoms with van der Waals surface area (Å²) in [5, 5.41) is 9.25. The second-order valence-electron chi connectivity index (χ2n) is 5.15. The number of hydrogen-bond donors (Lipinski definition) is 2. The molecule has 0 radical (unpaired) electrons. The maximum absolute atomic E-state index is 10.9. The molecule has 0 fully saturated rings. The van der Waals surface area contributed by atoms with E-state index in [0.29, 0.717) is 5.56 Å². The van der Waals surface area contributed by atoms with E-state index in [1.165, 1.54) is 0 Å². The third kappa shape index (κ3) is 5.04. The van der Waals surface area contributed by atoms with Gasteiger partial charge in [0.1, 0.15) is 18.3 Å². The molecule has 0 aromatic heterocycles. The van der Waals surface area contributed by atoms with Crippen LogP contribution in [0.3, 0.4) is 0 Å². The monoisotopic (exact) mass is 316 g/mol. The zero-order valence-electron chi connectivity index (χ0n) is 12.7. The van der Waals surface area contributed by atoms with Gasteiger partial charge in [-0.05, 0) is 43.2 Å². The number of rotatable bonds is 4. The van der Waals surface area contributed by atoms with Gasteiger partial charge in [0, 0.05) is 15.9 Å². The van der Waals surface area contributed by atoms with Crippen LogP contribution < -0.4 is 0 Å². The lowest BCUT2D eigenvalue weighted by Crippen LogP contribution is -2.22. The molecule has 3 nitrogen and oxygen atoms in total. The van der Waals surface area contributed by atoms with Crippen molar-refractivity contribution in [3.63, 3.8) is 0 Å². The molecule has 2 rings (SSSR count). The number of carbonyl (C=O) groups is 2. The largest absolute Gasteiger partial charge is 0.508 e. The molecule has 0 saturated heterocycles. The van der Waals surface area contributed by atoms with Gasteiger partial charge in [-0.2, -0.15) is 0 Å². The molecule has 1 atom stereocenters.